The van der Waals surface area contributed by atoms with Crippen molar-refractivity contribution in [1.29, 1.82) is 5.26 Å². The fraction of sp³-hybridized carbons (Fsp3) is 0.192. The third kappa shape index (κ3) is 4.79. The van der Waals surface area contributed by atoms with Crippen LogP contribution in [0.5, 0.6) is 5.75 Å². The Morgan fingerprint density at radius 3 is 2.75 bits per heavy atom. The number of benzene rings is 3. The van der Waals surface area contributed by atoms with Gasteiger partial charge in [0.25, 0.3) is 5.91 Å². The minimum atomic E-state index is -0.211. The smallest absolute Gasteiger partial charge is 0.255 e. The highest BCUT2D eigenvalue weighted by Crippen LogP contribution is 2.30. The number of nitriles is 1. The minimum Gasteiger partial charge on any atom is -0.489 e. The number of nitrogens with one attached hydrogen (secondary N) is 1. The summed E-state index contributed by atoms with van der Waals surface area (Å²) in [5.41, 5.74) is 4.59. The van der Waals surface area contributed by atoms with Crippen molar-refractivity contribution in [2.24, 2.45) is 0 Å². The second kappa shape index (κ2) is 9.36. The van der Waals surface area contributed by atoms with E-state index in [0.29, 0.717) is 22.6 Å². The van der Waals surface area contributed by atoms with Gasteiger partial charge < -0.3 is 15.0 Å². The van der Waals surface area contributed by atoms with Crippen molar-refractivity contribution in [2.45, 2.75) is 26.4 Å². The van der Waals surface area contributed by atoms with Crippen LogP contribution in [0.3, 0.4) is 0 Å². The fourth-order valence-electron chi connectivity index (χ4n) is 3.83. The maximum atomic E-state index is 12.8. The molecule has 4 rings (SSSR count). The molecule has 0 aliphatic carbocycles. The number of amides is 2. The summed E-state index contributed by atoms with van der Waals surface area (Å²) in [6.45, 7) is 2.58. The Kier molecular flexibility index (Phi) is 6.18. The van der Waals surface area contributed by atoms with E-state index in [2.05, 4.69) is 11.4 Å². The molecule has 3 aromatic rings. The normalized spacial score (nSPS) is 12.4. The highest BCUT2D eigenvalue weighted by molar-refractivity contribution is 6.04. The van der Waals surface area contributed by atoms with Crippen molar-refractivity contribution < 1.29 is 14.3 Å². The van der Waals surface area contributed by atoms with Crippen LogP contribution in [0.4, 0.5) is 11.4 Å². The summed E-state index contributed by atoms with van der Waals surface area (Å²) in [4.78, 5) is 26.4. The topological polar surface area (TPSA) is 82.4 Å². The van der Waals surface area contributed by atoms with Gasteiger partial charge in [-0.3, -0.25) is 9.59 Å². The lowest BCUT2D eigenvalue weighted by Crippen LogP contribution is -2.33. The zero-order valence-corrected chi connectivity index (χ0v) is 17.8. The first-order chi connectivity index (χ1) is 15.5. The van der Waals surface area contributed by atoms with E-state index in [4.69, 9.17) is 10.00 Å². The maximum absolute atomic E-state index is 12.8. The first-order valence-electron chi connectivity index (χ1n) is 10.5. The number of nitrogens with zero attached hydrogens (tertiary/aromatic N) is 2. The van der Waals surface area contributed by atoms with Crippen LogP contribution in [0.25, 0.3) is 0 Å². The number of carbonyl (C=O) groups excluding carboxylic acids is 2. The third-order valence-corrected chi connectivity index (χ3v) is 5.39. The number of carbonyl (C=O) groups is 2. The lowest BCUT2D eigenvalue weighted by molar-refractivity contribution is -0.116. The first-order valence-corrected chi connectivity index (χ1v) is 10.5. The van der Waals surface area contributed by atoms with Gasteiger partial charge in [0, 0.05) is 30.4 Å². The molecule has 1 aliphatic heterocycles. The number of rotatable bonds is 5. The zero-order chi connectivity index (χ0) is 22.5. The molecule has 0 unspecified atom stereocenters. The summed E-state index contributed by atoms with van der Waals surface area (Å²) in [5.74, 6) is 0.422. The molecule has 3 aromatic carbocycles. The lowest BCUT2D eigenvalue weighted by Gasteiger charge is -2.29. The summed E-state index contributed by atoms with van der Waals surface area (Å²) in [6, 6.07) is 22.0. The molecule has 6 heteroatoms. The molecule has 0 radical (unpaired) electrons. The second-order valence-electron chi connectivity index (χ2n) is 7.70. The van der Waals surface area contributed by atoms with Gasteiger partial charge in [-0.2, -0.15) is 5.26 Å². The summed E-state index contributed by atoms with van der Waals surface area (Å²) in [5, 5.41) is 12.0. The highest BCUT2D eigenvalue weighted by atomic mass is 16.5. The monoisotopic (exact) mass is 425 g/mol. The minimum absolute atomic E-state index is 0.0288. The van der Waals surface area contributed by atoms with E-state index in [9.17, 15) is 9.59 Å². The highest BCUT2D eigenvalue weighted by Gasteiger charge is 2.20. The predicted octanol–water partition coefficient (Wildman–Crippen LogP) is 4.69. The number of fused-ring (bicyclic) bond motifs is 1. The van der Waals surface area contributed by atoms with E-state index in [1.165, 1.54) is 0 Å². The standard InChI is InChI=1S/C26H23N3O3/c1-18(30)29-12-4-8-21-15-23(10-11-25(21)29)28-26(31)22-7-2-6-20(13-22)17-32-24-9-3-5-19(14-24)16-27/h2-3,5-7,9-11,13-15H,4,8,12,17H2,1H3,(H,28,31). The van der Waals surface area contributed by atoms with Crippen LogP contribution < -0.4 is 15.0 Å². The van der Waals surface area contributed by atoms with Crippen molar-refractivity contribution >= 4 is 23.2 Å². The Morgan fingerprint density at radius 2 is 1.94 bits per heavy atom. The van der Waals surface area contributed by atoms with Crippen LogP contribution in [0.2, 0.25) is 0 Å². The molecule has 1 N–H and O–H groups in total. The van der Waals surface area contributed by atoms with E-state index in [0.717, 1.165) is 36.2 Å². The molecule has 0 fully saturated rings. The SMILES string of the molecule is CC(=O)N1CCCc2cc(NC(=O)c3cccc(COc4cccc(C#N)c4)c3)ccc21. The van der Waals surface area contributed by atoms with E-state index >= 15 is 0 Å². The lowest BCUT2D eigenvalue weighted by atomic mass is 10.0. The number of hydrogen-bond donors (Lipinski definition) is 1. The molecule has 0 saturated carbocycles. The van der Waals surface area contributed by atoms with Crippen LogP contribution in [-0.2, 0) is 17.8 Å². The van der Waals surface area contributed by atoms with Gasteiger partial charge in [0.05, 0.1) is 11.6 Å². The molecular weight excluding hydrogens is 402 g/mol. The summed E-state index contributed by atoms with van der Waals surface area (Å²) in [6.07, 6.45) is 1.78. The van der Waals surface area contributed by atoms with Crippen molar-refractivity contribution in [2.75, 3.05) is 16.8 Å². The fourth-order valence-corrected chi connectivity index (χ4v) is 3.83. The summed E-state index contributed by atoms with van der Waals surface area (Å²) < 4.78 is 5.76. The quantitative estimate of drug-likeness (QED) is 0.643. The Balaban J connectivity index is 1.44. The van der Waals surface area contributed by atoms with Gasteiger partial charge in [0.2, 0.25) is 5.91 Å². The molecule has 0 aromatic heterocycles. The van der Waals surface area contributed by atoms with Gasteiger partial charge in [0.15, 0.2) is 0 Å². The summed E-state index contributed by atoms with van der Waals surface area (Å²) >= 11 is 0. The largest absolute Gasteiger partial charge is 0.489 e. The van der Waals surface area contributed by atoms with Crippen LogP contribution in [-0.4, -0.2) is 18.4 Å². The summed E-state index contributed by atoms with van der Waals surface area (Å²) in [7, 11) is 0. The molecule has 160 valence electrons. The van der Waals surface area contributed by atoms with Gasteiger partial charge in [0.1, 0.15) is 12.4 Å². The molecule has 0 saturated heterocycles. The van der Waals surface area contributed by atoms with Crippen molar-refractivity contribution in [3.05, 3.63) is 89.0 Å². The average molecular weight is 425 g/mol. The molecular formula is C26H23N3O3. The number of anilines is 2. The van der Waals surface area contributed by atoms with Crippen LogP contribution >= 0.6 is 0 Å². The van der Waals surface area contributed by atoms with E-state index in [-0.39, 0.29) is 18.4 Å². The van der Waals surface area contributed by atoms with E-state index in [1.807, 2.05) is 30.3 Å². The Labute approximate surface area is 187 Å². The Morgan fingerprint density at radius 1 is 1.09 bits per heavy atom. The second-order valence-corrected chi connectivity index (χ2v) is 7.70. The van der Waals surface area contributed by atoms with Crippen molar-refractivity contribution in [3.8, 4) is 11.8 Å². The van der Waals surface area contributed by atoms with E-state index in [1.54, 1.807) is 48.2 Å². The van der Waals surface area contributed by atoms with Crippen molar-refractivity contribution in [3.63, 3.8) is 0 Å². The zero-order valence-electron chi connectivity index (χ0n) is 17.8. The Bertz CT molecular complexity index is 1210. The average Bonchev–Trinajstić information content (AvgIpc) is 2.82. The maximum Gasteiger partial charge on any atom is 0.255 e. The molecule has 32 heavy (non-hydrogen) atoms. The predicted molar refractivity (Wildman–Crippen MR) is 123 cm³/mol. The van der Waals surface area contributed by atoms with Crippen LogP contribution in [0.1, 0.15) is 40.4 Å². The van der Waals surface area contributed by atoms with Gasteiger partial charge >= 0.3 is 0 Å². The molecule has 0 atom stereocenters. The number of ether oxygens (including phenoxy) is 1. The molecule has 0 spiro atoms. The molecule has 1 heterocycles. The van der Waals surface area contributed by atoms with E-state index < -0.39 is 0 Å². The van der Waals surface area contributed by atoms with Gasteiger partial charge in [-0.1, -0.05) is 18.2 Å². The van der Waals surface area contributed by atoms with Crippen molar-refractivity contribution in [1.82, 2.24) is 0 Å². The molecule has 1 aliphatic rings. The first kappa shape index (κ1) is 21.1. The third-order valence-electron chi connectivity index (χ3n) is 5.39. The number of hydrogen-bond acceptors (Lipinski definition) is 4. The van der Waals surface area contributed by atoms with Crippen LogP contribution in [0.15, 0.2) is 66.7 Å². The van der Waals surface area contributed by atoms with Gasteiger partial charge in [-0.15, -0.1) is 0 Å². The van der Waals surface area contributed by atoms with Gasteiger partial charge in [-0.25, -0.2) is 0 Å². The Hall–Kier alpha value is -4.11. The molecule has 6 nitrogen and oxygen atoms in total. The van der Waals surface area contributed by atoms with Crippen LogP contribution in [0, 0.1) is 11.3 Å². The number of aryl methyl sites for hydroxylation is 1. The molecule has 0 bridgehead atoms. The van der Waals surface area contributed by atoms with Gasteiger partial charge in [-0.05, 0) is 72.5 Å². The molecule has 2 amide bonds.